The van der Waals surface area contributed by atoms with Crippen molar-refractivity contribution < 1.29 is 14.3 Å². The van der Waals surface area contributed by atoms with E-state index in [0.717, 1.165) is 6.07 Å². The molecule has 2 rings (SSSR count). The van der Waals surface area contributed by atoms with Crippen molar-refractivity contribution in [2.24, 2.45) is 0 Å². The van der Waals surface area contributed by atoms with Crippen molar-refractivity contribution in [1.82, 2.24) is 9.78 Å². The van der Waals surface area contributed by atoms with E-state index in [1.807, 2.05) is 13.8 Å². The van der Waals surface area contributed by atoms with E-state index in [-0.39, 0.29) is 11.6 Å². The number of nitrogens with zero attached hydrogens (tertiary/aromatic N) is 2. The van der Waals surface area contributed by atoms with Gasteiger partial charge in [-0.3, -0.25) is 4.68 Å². The summed E-state index contributed by atoms with van der Waals surface area (Å²) in [5.74, 6) is -1.26. The summed E-state index contributed by atoms with van der Waals surface area (Å²) in [5, 5.41) is 16.2. The van der Waals surface area contributed by atoms with E-state index in [1.54, 1.807) is 16.9 Å². The molecule has 0 aliphatic rings. The summed E-state index contributed by atoms with van der Waals surface area (Å²) in [5.41, 5.74) is 0.182. The Labute approximate surface area is 109 Å². The van der Waals surface area contributed by atoms with Crippen molar-refractivity contribution >= 4 is 17.5 Å². The molecule has 5 nitrogen and oxygen atoms in total. The molecule has 0 spiro atoms. The molecule has 0 bridgehead atoms. The van der Waals surface area contributed by atoms with E-state index < -0.39 is 11.8 Å². The third-order valence-corrected chi connectivity index (χ3v) is 2.61. The maximum absolute atomic E-state index is 13.0. The Morgan fingerprint density at radius 2 is 2.16 bits per heavy atom. The minimum absolute atomic E-state index is 0.126. The molecule has 100 valence electrons. The van der Waals surface area contributed by atoms with Crippen molar-refractivity contribution in [3.05, 3.63) is 41.8 Å². The van der Waals surface area contributed by atoms with Crippen molar-refractivity contribution in [3.63, 3.8) is 0 Å². The molecule has 0 amide bonds. The van der Waals surface area contributed by atoms with Crippen LogP contribution in [0.3, 0.4) is 0 Å². The highest BCUT2D eigenvalue weighted by Crippen LogP contribution is 2.21. The lowest BCUT2D eigenvalue weighted by atomic mass is 10.1. The van der Waals surface area contributed by atoms with Gasteiger partial charge in [0.25, 0.3) is 0 Å². The highest BCUT2D eigenvalue weighted by molar-refractivity contribution is 5.95. The standard InChI is InChI=1S/C13H14FN3O2/c1-8(2)17-6-5-12(16-17)15-11-4-3-9(14)7-10(11)13(18)19/h3-8H,1-2H3,(H,15,16)(H,18,19). The van der Waals surface area contributed by atoms with Gasteiger partial charge in [0.05, 0.1) is 11.3 Å². The van der Waals surface area contributed by atoms with Crippen LogP contribution in [0.1, 0.15) is 30.2 Å². The molecule has 0 aliphatic heterocycles. The Morgan fingerprint density at radius 1 is 1.42 bits per heavy atom. The highest BCUT2D eigenvalue weighted by Gasteiger charge is 2.12. The number of benzene rings is 1. The maximum atomic E-state index is 13.0. The second kappa shape index (κ2) is 5.09. The summed E-state index contributed by atoms with van der Waals surface area (Å²) in [6, 6.07) is 5.50. The lowest BCUT2D eigenvalue weighted by Gasteiger charge is -2.08. The number of carbonyl (C=O) groups is 1. The van der Waals surface area contributed by atoms with Gasteiger partial charge in [0, 0.05) is 18.3 Å². The van der Waals surface area contributed by atoms with Gasteiger partial charge in [-0.1, -0.05) is 0 Å². The molecule has 0 aliphatic carbocycles. The van der Waals surface area contributed by atoms with Gasteiger partial charge in [0.1, 0.15) is 5.82 Å². The number of aromatic carboxylic acids is 1. The first-order valence-corrected chi connectivity index (χ1v) is 5.82. The van der Waals surface area contributed by atoms with Crippen molar-refractivity contribution in [1.29, 1.82) is 0 Å². The van der Waals surface area contributed by atoms with Crippen LogP contribution in [-0.4, -0.2) is 20.9 Å². The average Bonchev–Trinajstić information content (AvgIpc) is 2.80. The largest absolute Gasteiger partial charge is 0.478 e. The summed E-state index contributed by atoms with van der Waals surface area (Å²) in [6.45, 7) is 3.97. The molecular weight excluding hydrogens is 249 g/mol. The summed E-state index contributed by atoms with van der Waals surface area (Å²) in [6.07, 6.45) is 1.79. The zero-order chi connectivity index (χ0) is 14.0. The Bertz CT molecular complexity index is 608. The van der Waals surface area contributed by atoms with Crippen LogP contribution in [0.2, 0.25) is 0 Å². The van der Waals surface area contributed by atoms with Crippen molar-refractivity contribution in [2.45, 2.75) is 19.9 Å². The molecule has 1 heterocycles. The number of nitrogens with one attached hydrogen (secondary N) is 1. The smallest absolute Gasteiger partial charge is 0.337 e. The molecule has 6 heteroatoms. The maximum Gasteiger partial charge on any atom is 0.337 e. The molecule has 1 aromatic heterocycles. The van der Waals surface area contributed by atoms with Gasteiger partial charge < -0.3 is 10.4 Å². The first-order chi connectivity index (χ1) is 8.97. The third kappa shape index (κ3) is 2.90. The highest BCUT2D eigenvalue weighted by atomic mass is 19.1. The van der Waals surface area contributed by atoms with E-state index in [1.165, 1.54) is 12.1 Å². The molecule has 0 atom stereocenters. The van der Waals surface area contributed by atoms with E-state index in [0.29, 0.717) is 11.5 Å². The minimum atomic E-state index is -1.19. The molecule has 19 heavy (non-hydrogen) atoms. The van der Waals surface area contributed by atoms with Crippen LogP contribution in [0, 0.1) is 5.82 Å². The molecule has 1 aromatic carbocycles. The van der Waals surface area contributed by atoms with Crippen LogP contribution in [0.5, 0.6) is 0 Å². The van der Waals surface area contributed by atoms with Gasteiger partial charge in [-0.05, 0) is 32.0 Å². The van der Waals surface area contributed by atoms with Crippen LogP contribution in [0.4, 0.5) is 15.9 Å². The predicted molar refractivity (Wildman–Crippen MR) is 69.3 cm³/mol. The molecule has 0 unspecified atom stereocenters. The van der Waals surface area contributed by atoms with Gasteiger partial charge in [-0.15, -0.1) is 0 Å². The van der Waals surface area contributed by atoms with Crippen molar-refractivity contribution in [3.8, 4) is 0 Å². The normalized spacial score (nSPS) is 10.7. The minimum Gasteiger partial charge on any atom is -0.478 e. The molecule has 0 fully saturated rings. The third-order valence-electron chi connectivity index (χ3n) is 2.61. The van der Waals surface area contributed by atoms with Crippen LogP contribution < -0.4 is 5.32 Å². The number of aromatic nitrogens is 2. The number of hydrogen-bond donors (Lipinski definition) is 2. The van der Waals surface area contributed by atoms with E-state index >= 15 is 0 Å². The summed E-state index contributed by atoms with van der Waals surface area (Å²) in [7, 11) is 0. The fourth-order valence-electron chi connectivity index (χ4n) is 1.63. The number of carboxylic acids is 1. The quantitative estimate of drug-likeness (QED) is 0.889. The summed E-state index contributed by atoms with van der Waals surface area (Å²) in [4.78, 5) is 11.0. The lowest BCUT2D eigenvalue weighted by molar-refractivity contribution is 0.0697. The first-order valence-electron chi connectivity index (χ1n) is 5.82. The zero-order valence-corrected chi connectivity index (χ0v) is 10.6. The van der Waals surface area contributed by atoms with Gasteiger partial charge in [0.15, 0.2) is 5.82 Å². The fraction of sp³-hybridized carbons (Fsp3) is 0.231. The van der Waals surface area contributed by atoms with E-state index in [4.69, 9.17) is 5.11 Å². The Morgan fingerprint density at radius 3 is 2.74 bits per heavy atom. The number of anilines is 2. The number of halogens is 1. The number of hydrogen-bond acceptors (Lipinski definition) is 3. The Kier molecular flexibility index (Phi) is 3.50. The molecule has 0 radical (unpaired) electrons. The second-order valence-electron chi connectivity index (χ2n) is 4.39. The fourth-order valence-corrected chi connectivity index (χ4v) is 1.63. The first kappa shape index (κ1) is 13.1. The average molecular weight is 263 g/mol. The second-order valence-corrected chi connectivity index (χ2v) is 4.39. The van der Waals surface area contributed by atoms with E-state index in [2.05, 4.69) is 10.4 Å². The molecule has 0 saturated heterocycles. The summed E-state index contributed by atoms with van der Waals surface area (Å²) < 4.78 is 14.8. The predicted octanol–water partition coefficient (Wildman–Crippen LogP) is 3.04. The molecule has 0 saturated carbocycles. The lowest BCUT2D eigenvalue weighted by Crippen LogP contribution is -2.05. The molecule has 2 N–H and O–H groups in total. The van der Waals surface area contributed by atoms with Crippen LogP contribution in [-0.2, 0) is 0 Å². The monoisotopic (exact) mass is 263 g/mol. The number of carboxylic acid groups (broad SMARTS) is 1. The van der Waals surface area contributed by atoms with Crippen LogP contribution in [0.15, 0.2) is 30.5 Å². The van der Waals surface area contributed by atoms with Gasteiger partial charge in [0.2, 0.25) is 0 Å². The van der Waals surface area contributed by atoms with Gasteiger partial charge >= 0.3 is 5.97 Å². The topological polar surface area (TPSA) is 67.2 Å². The Hall–Kier alpha value is -2.37. The van der Waals surface area contributed by atoms with E-state index in [9.17, 15) is 9.18 Å². The van der Waals surface area contributed by atoms with Crippen LogP contribution in [0.25, 0.3) is 0 Å². The summed E-state index contributed by atoms with van der Waals surface area (Å²) >= 11 is 0. The van der Waals surface area contributed by atoms with Gasteiger partial charge in [-0.2, -0.15) is 5.10 Å². The van der Waals surface area contributed by atoms with Gasteiger partial charge in [-0.25, -0.2) is 9.18 Å². The zero-order valence-electron chi connectivity index (χ0n) is 10.6. The Balaban J connectivity index is 2.29. The number of rotatable bonds is 4. The van der Waals surface area contributed by atoms with Crippen molar-refractivity contribution in [2.75, 3.05) is 5.32 Å². The van der Waals surface area contributed by atoms with Crippen LogP contribution >= 0.6 is 0 Å². The molecule has 2 aromatic rings. The molecular formula is C13H14FN3O2. The SMILES string of the molecule is CC(C)n1ccc(Nc2ccc(F)cc2C(=O)O)n1.